The summed E-state index contributed by atoms with van der Waals surface area (Å²) in [6.07, 6.45) is 0.123. The molecule has 1 atom stereocenters. The fourth-order valence-electron chi connectivity index (χ4n) is 4.16. The van der Waals surface area contributed by atoms with Crippen molar-refractivity contribution >= 4 is 39.5 Å². The van der Waals surface area contributed by atoms with Crippen molar-refractivity contribution in [2.24, 2.45) is 0 Å². The topological polar surface area (TPSA) is 90.7 Å². The highest BCUT2D eigenvalue weighted by Gasteiger charge is 2.45. The van der Waals surface area contributed by atoms with E-state index in [1.165, 1.54) is 0 Å². The second kappa shape index (κ2) is 6.27. The number of aliphatic hydroxyl groups is 1. The van der Waals surface area contributed by atoms with Gasteiger partial charge < -0.3 is 19.1 Å². The molecule has 2 aliphatic heterocycles. The zero-order valence-electron chi connectivity index (χ0n) is 15.8. The van der Waals surface area contributed by atoms with Gasteiger partial charge in [-0.1, -0.05) is 6.92 Å². The molecule has 0 spiro atoms. The number of hydrogen-bond acceptors (Lipinski definition) is 6. The first-order valence-corrected chi connectivity index (χ1v) is 10.3. The molecule has 0 fully saturated rings. The van der Waals surface area contributed by atoms with Gasteiger partial charge in [-0.3, -0.25) is 4.79 Å². The largest absolute Gasteiger partial charge is 0.496 e. The van der Waals surface area contributed by atoms with Crippen molar-refractivity contribution in [3.63, 3.8) is 0 Å². The molecule has 0 saturated carbocycles. The van der Waals surface area contributed by atoms with E-state index in [-0.39, 0.29) is 18.6 Å². The van der Waals surface area contributed by atoms with Crippen LogP contribution in [0.4, 0.5) is 0 Å². The Morgan fingerprint density at radius 1 is 1.34 bits per heavy atom. The monoisotopic (exact) mass is 504 g/mol. The van der Waals surface area contributed by atoms with Crippen molar-refractivity contribution in [2.75, 3.05) is 7.11 Å². The van der Waals surface area contributed by atoms with Gasteiger partial charge in [0.1, 0.15) is 12.4 Å². The molecule has 0 bridgehead atoms. The van der Waals surface area contributed by atoms with Gasteiger partial charge in [-0.15, -0.1) is 0 Å². The van der Waals surface area contributed by atoms with E-state index in [1.54, 1.807) is 24.7 Å². The molecule has 5 rings (SSSR count). The van der Waals surface area contributed by atoms with E-state index in [1.807, 2.05) is 18.2 Å². The Morgan fingerprint density at radius 2 is 2.14 bits per heavy atom. The van der Waals surface area contributed by atoms with E-state index in [4.69, 9.17) is 14.5 Å². The van der Waals surface area contributed by atoms with E-state index < -0.39 is 11.6 Å². The van der Waals surface area contributed by atoms with Gasteiger partial charge >= 0.3 is 5.97 Å². The van der Waals surface area contributed by atoms with Gasteiger partial charge in [0.15, 0.2) is 5.60 Å². The summed E-state index contributed by atoms with van der Waals surface area (Å²) in [5.74, 6) is 0.0508. The Hall–Kier alpha value is -2.46. The number of benzene rings is 1. The van der Waals surface area contributed by atoms with Crippen LogP contribution in [-0.4, -0.2) is 27.7 Å². The Morgan fingerprint density at radius 3 is 2.86 bits per heavy atom. The number of halogens is 1. The summed E-state index contributed by atoms with van der Waals surface area (Å²) in [5, 5.41) is 11.9. The number of ether oxygens (including phenoxy) is 2. The average molecular weight is 504 g/mol. The number of cyclic esters (lactones) is 1. The molecule has 8 heteroatoms. The van der Waals surface area contributed by atoms with E-state index in [9.17, 15) is 14.7 Å². The highest BCUT2D eigenvalue weighted by atomic mass is 127. The van der Waals surface area contributed by atoms with Gasteiger partial charge in [-0.25, -0.2) is 9.78 Å². The summed E-state index contributed by atoms with van der Waals surface area (Å²) in [7, 11) is 1.63. The number of fused-ring (bicyclic) bond motifs is 5. The van der Waals surface area contributed by atoms with Crippen LogP contribution in [0, 0.1) is 3.57 Å². The molecule has 0 unspecified atom stereocenters. The summed E-state index contributed by atoms with van der Waals surface area (Å²) in [6.45, 7) is 1.94. The molecule has 2 aromatic heterocycles. The van der Waals surface area contributed by atoms with Crippen LogP contribution in [0.3, 0.4) is 0 Å². The minimum atomic E-state index is -1.81. The molecule has 0 aliphatic carbocycles. The van der Waals surface area contributed by atoms with Crippen LogP contribution >= 0.6 is 22.6 Å². The smallest absolute Gasteiger partial charge is 0.343 e. The van der Waals surface area contributed by atoms with Crippen molar-refractivity contribution in [1.82, 2.24) is 9.55 Å². The lowest BCUT2D eigenvalue weighted by Gasteiger charge is -2.31. The Labute approximate surface area is 179 Å². The first-order valence-electron chi connectivity index (χ1n) is 9.22. The van der Waals surface area contributed by atoms with Crippen molar-refractivity contribution in [3.8, 4) is 17.1 Å². The number of rotatable bonds is 2. The molecule has 4 heterocycles. The number of esters is 1. The highest BCUT2D eigenvalue weighted by molar-refractivity contribution is 14.1. The number of carbonyl (C=O) groups is 1. The zero-order chi connectivity index (χ0) is 20.5. The predicted octanol–water partition coefficient (Wildman–Crippen LogP) is 2.69. The number of nitrogens with zero attached hydrogens (tertiary/aromatic N) is 2. The van der Waals surface area contributed by atoms with Crippen molar-refractivity contribution in [2.45, 2.75) is 32.1 Å². The van der Waals surface area contributed by atoms with Crippen molar-refractivity contribution in [1.29, 1.82) is 0 Å². The number of carbonyl (C=O) groups excluding carboxylic acids is 1. The van der Waals surface area contributed by atoms with Gasteiger partial charge in [-0.05, 0) is 53.3 Å². The normalized spacial score (nSPS) is 19.5. The van der Waals surface area contributed by atoms with E-state index in [0.717, 1.165) is 25.8 Å². The molecule has 148 valence electrons. The van der Waals surface area contributed by atoms with E-state index >= 15 is 0 Å². The first kappa shape index (κ1) is 18.6. The summed E-state index contributed by atoms with van der Waals surface area (Å²) < 4.78 is 13.1. The fourth-order valence-corrected chi connectivity index (χ4v) is 4.99. The molecule has 0 radical (unpaired) electrons. The number of aromatic nitrogens is 2. The standard InChI is InChI=1S/C21H17IN2O5/c1-3-21(27)13-7-15-18-10(8-24(15)19(25)12(13)9-29-20(21)26)6-11-14(23-18)4-5-16(28-2)17(11)22/h4-7,27H,3,8-9H2,1-2H3/t21-/m0/s1. The van der Waals surface area contributed by atoms with E-state index in [0.29, 0.717) is 29.1 Å². The molecule has 0 saturated heterocycles. The first-order chi connectivity index (χ1) is 13.9. The second-order valence-corrected chi connectivity index (χ2v) is 8.33. The molecular weight excluding hydrogens is 487 g/mol. The fraction of sp³-hybridized carbons (Fsp3) is 0.286. The van der Waals surface area contributed by atoms with Gasteiger partial charge in [0, 0.05) is 16.5 Å². The van der Waals surface area contributed by atoms with Crippen molar-refractivity contribution in [3.05, 3.63) is 54.9 Å². The maximum Gasteiger partial charge on any atom is 0.343 e. The van der Waals surface area contributed by atoms with Crippen LogP contribution in [0.15, 0.2) is 29.1 Å². The van der Waals surface area contributed by atoms with Gasteiger partial charge in [0.25, 0.3) is 5.56 Å². The van der Waals surface area contributed by atoms with Crippen molar-refractivity contribution < 1.29 is 19.4 Å². The minimum Gasteiger partial charge on any atom is -0.496 e. The van der Waals surface area contributed by atoms with Crippen LogP contribution in [0.2, 0.25) is 0 Å². The molecule has 2 aliphatic rings. The number of hydrogen-bond donors (Lipinski definition) is 1. The number of methoxy groups -OCH3 is 1. The second-order valence-electron chi connectivity index (χ2n) is 7.25. The quantitative estimate of drug-likeness (QED) is 0.334. The van der Waals surface area contributed by atoms with Gasteiger partial charge in [-0.2, -0.15) is 0 Å². The molecule has 0 amide bonds. The van der Waals surface area contributed by atoms with Gasteiger partial charge in [0.2, 0.25) is 0 Å². The lowest BCUT2D eigenvalue weighted by molar-refractivity contribution is -0.172. The number of pyridine rings is 2. The summed E-state index contributed by atoms with van der Waals surface area (Å²) >= 11 is 2.23. The third-order valence-electron chi connectivity index (χ3n) is 5.81. The van der Waals surface area contributed by atoms with Gasteiger partial charge in [0.05, 0.1) is 39.7 Å². The lowest BCUT2D eigenvalue weighted by atomic mass is 9.86. The SMILES string of the molecule is CC[C@@]1(O)C(=O)OCc2c1cc1n(c2=O)Cc2cc3c(I)c(OC)ccc3nc2-1. The highest BCUT2D eigenvalue weighted by Crippen LogP contribution is 2.39. The van der Waals surface area contributed by atoms with Crippen LogP contribution < -0.4 is 10.3 Å². The molecule has 3 aromatic rings. The van der Waals surface area contributed by atoms with E-state index in [2.05, 4.69) is 22.6 Å². The minimum absolute atomic E-state index is 0.123. The van der Waals surface area contributed by atoms with Crippen LogP contribution in [0.1, 0.15) is 30.0 Å². The summed E-state index contributed by atoms with van der Waals surface area (Å²) in [5.41, 5.74) is 1.58. The van der Waals surface area contributed by atoms with Crippen LogP contribution in [-0.2, 0) is 28.3 Å². The maximum atomic E-state index is 13.2. The molecule has 1 N–H and O–H groups in total. The Kier molecular flexibility index (Phi) is 4.01. The average Bonchev–Trinajstić information content (AvgIpc) is 3.08. The molecular formula is C21H17IN2O5. The predicted molar refractivity (Wildman–Crippen MR) is 114 cm³/mol. The lowest BCUT2D eigenvalue weighted by Crippen LogP contribution is -2.44. The maximum absolute atomic E-state index is 13.2. The Bertz CT molecular complexity index is 1280. The third-order valence-corrected chi connectivity index (χ3v) is 6.92. The molecule has 29 heavy (non-hydrogen) atoms. The summed E-state index contributed by atoms with van der Waals surface area (Å²) in [4.78, 5) is 30.2. The van der Waals surface area contributed by atoms with Crippen LogP contribution in [0.5, 0.6) is 5.75 Å². The Balaban J connectivity index is 1.78. The summed E-state index contributed by atoms with van der Waals surface area (Å²) in [6, 6.07) is 7.50. The molecule has 7 nitrogen and oxygen atoms in total. The van der Waals surface area contributed by atoms with Crippen LogP contribution in [0.25, 0.3) is 22.3 Å². The third kappa shape index (κ3) is 2.42. The zero-order valence-corrected chi connectivity index (χ0v) is 17.9. The molecule has 1 aromatic carbocycles.